The molecule has 0 aliphatic rings. The number of aromatic nitrogens is 3. The molecule has 0 aliphatic heterocycles. The number of benzene rings is 7. The second kappa shape index (κ2) is 17.2. The molecule has 21 heteroatoms. The molecule has 0 radical (unpaired) electrons. The summed E-state index contributed by atoms with van der Waals surface area (Å²) in [6.07, 6.45) is 0. The maximum Gasteiger partial charge on any atom is 0.294 e. The van der Waals surface area contributed by atoms with Crippen molar-refractivity contribution in [3.63, 3.8) is 0 Å². The topological polar surface area (TPSA) is 244 Å². The average Bonchev–Trinajstić information content (AvgIpc) is 3.69. The molecule has 5 N–H and O–H groups in total. The molecule has 0 bridgehead atoms. The number of rotatable bonds is 14. The molecule has 296 valence electrons. The number of nitrogens with one attached hydrogen (secondary N) is 1. The summed E-state index contributed by atoms with van der Waals surface area (Å²) in [7, 11) is -4.60. The van der Waals surface area contributed by atoms with Gasteiger partial charge in [-0.3, -0.25) is 4.55 Å². The van der Waals surface area contributed by atoms with Crippen molar-refractivity contribution < 1.29 is 47.3 Å². The lowest BCUT2D eigenvalue weighted by molar-refractivity contribution is -0.432. The van der Waals surface area contributed by atoms with E-state index >= 15 is 0 Å². The van der Waals surface area contributed by atoms with Crippen molar-refractivity contribution in [2.24, 2.45) is 20.5 Å². The number of aromatic hydroxyl groups is 1. The van der Waals surface area contributed by atoms with Gasteiger partial charge in [-0.1, -0.05) is 34.3 Å². The highest BCUT2D eigenvalue weighted by Crippen LogP contribution is 2.45. The SMILES string of the molecule is O=S(=O)(O)c1cc(SOOO)c2ccc3nn(-c4ccc(N=Nc5ccc(N=Nc6c(SOOO)cc7cc(Nc8ccccc8)ccc7c6O)cc5)cc4)nc3c2c1. The first-order valence-corrected chi connectivity index (χ1v) is 19.9. The molecule has 1 heterocycles. The Morgan fingerprint density at radius 1 is 0.627 bits per heavy atom. The van der Waals surface area contributed by atoms with Crippen LogP contribution in [0.5, 0.6) is 5.75 Å². The number of phenols is 1. The Labute approximate surface area is 341 Å². The molecule has 1 aromatic heterocycles. The fourth-order valence-corrected chi connectivity index (χ4v) is 7.58. The molecular formula is C38H26N8O10S3. The summed E-state index contributed by atoms with van der Waals surface area (Å²) < 4.78 is 42.9. The van der Waals surface area contributed by atoms with Gasteiger partial charge in [-0.15, -0.1) is 24.0 Å². The van der Waals surface area contributed by atoms with E-state index in [2.05, 4.69) is 54.7 Å². The normalized spacial score (nSPS) is 12.1. The second-order valence-corrected chi connectivity index (χ2v) is 15.2. The summed E-state index contributed by atoms with van der Waals surface area (Å²) in [6.45, 7) is 0. The molecule has 0 spiro atoms. The molecule has 0 atom stereocenters. The first-order valence-electron chi connectivity index (χ1n) is 16.9. The van der Waals surface area contributed by atoms with Crippen molar-refractivity contribution in [3.8, 4) is 11.4 Å². The monoisotopic (exact) mass is 850 g/mol. The van der Waals surface area contributed by atoms with E-state index in [0.717, 1.165) is 11.4 Å². The predicted molar refractivity (Wildman–Crippen MR) is 218 cm³/mol. The molecule has 18 nitrogen and oxygen atoms in total. The van der Waals surface area contributed by atoms with Crippen LogP contribution >= 0.6 is 24.1 Å². The lowest BCUT2D eigenvalue weighted by atomic mass is 10.1. The molecule has 8 aromatic rings. The summed E-state index contributed by atoms with van der Waals surface area (Å²) in [6, 6.07) is 36.2. The van der Waals surface area contributed by atoms with Crippen molar-refractivity contribution >= 4 is 101 Å². The number of fused-ring (bicyclic) bond motifs is 4. The molecular weight excluding hydrogens is 825 g/mol. The van der Waals surface area contributed by atoms with Crippen LogP contribution in [0, 0.1) is 0 Å². The minimum absolute atomic E-state index is 0.0988. The van der Waals surface area contributed by atoms with Crippen molar-refractivity contribution in [2.45, 2.75) is 14.7 Å². The van der Waals surface area contributed by atoms with Crippen LogP contribution < -0.4 is 5.32 Å². The highest BCUT2D eigenvalue weighted by atomic mass is 32.2. The van der Waals surface area contributed by atoms with Gasteiger partial charge in [0.25, 0.3) is 10.1 Å². The van der Waals surface area contributed by atoms with E-state index in [9.17, 15) is 18.1 Å². The van der Waals surface area contributed by atoms with Gasteiger partial charge in [0, 0.05) is 32.4 Å². The van der Waals surface area contributed by atoms with Crippen LogP contribution in [0.3, 0.4) is 0 Å². The molecule has 59 heavy (non-hydrogen) atoms. The van der Waals surface area contributed by atoms with Crippen LogP contribution in [0.25, 0.3) is 38.3 Å². The van der Waals surface area contributed by atoms with Crippen LogP contribution in [0.15, 0.2) is 163 Å². The first kappa shape index (κ1) is 39.5. The fraction of sp³-hybridized carbons (Fsp3) is 0. The lowest BCUT2D eigenvalue weighted by Gasteiger charge is -2.11. The highest BCUT2D eigenvalue weighted by Gasteiger charge is 2.19. The van der Waals surface area contributed by atoms with E-state index < -0.39 is 15.0 Å². The summed E-state index contributed by atoms with van der Waals surface area (Å²) in [5.74, 6) is -0.146. The molecule has 8 rings (SSSR count). The summed E-state index contributed by atoms with van der Waals surface area (Å²) >= 11 is 1.20. The van der Waals surface area contributed by atoms with Gasteiger partial charge in [-0.25, -0.2) is 10.5 Å². The van der Waals surface area contributed by atoms with Crippen LogP contribution in [0.1, 0.15) is 0 Å². The number of phenolic OH excluding ortho intramolecular Hbond substituents is 1. The fourth-order valence-electron chi connectivity index (χ4n) is 5.93. The number of hydrogen-bond acceptors (Lipinski definition) is 18. The quantitative estimate of drug-likeness (QED) is 0.0224. The standard InChI is InChI=1S/C38H26N8O10S3/c47-38-30-15-12-27(39-23-4-2-1-3-5-23)18-22(30)19-35(58-56-54-49)37(38)43-42-25-8-6-24(7-9-25)40-41-26-10-13-28(14-11-26)46-44-33-17-16-31-32(36(33)45-46)20-29(59(50,51)52)21-34(31)57-55-53-48/h1-21,39,47-49H,(H,50,51,52). The smallest absolute Gasteiger partial charge is 0.294 e. The van der Waals surface area contributed by atoms with Gasteiger partial charge in [0.15, 0.2) is 5.75 Å². The zero-order valence-corrected chi connectivity index (χ0v) is 32.2. The molecule has 0 unspecified atom stereocenters. The summed E-state index contributed by atoms with van der Waals surface area (Å²) in [4.78, 5) is 1.52. The van der Waals surface area contributed by atoms with E-state index in [0.29, 0.717) is 84.3 Å². The first-order chi connectivity index (χ1) is 28.7. The van der Waals surface area contributed by atoms with Gasteiger partial charge in [-0.05, 0) is 109 Å². The minimum Gasteiger partial charge on any atom is -0.505 e. The van der Waals surface area contributed by atoms with Crippen molar-refractivity contribution in [1.82, 2.24) is 15.0 Å². The Bertz CT molecular complexity index is 2990. The van der Waals surface area contributed by atoms with E-state index in [1.165, 1.54) is 16.9 Å². The summed E-state index contributed by atoms with van der Waals surface area (Å²) in [5.41, 5.74) is 4.64. The maximum atomic E-state index is 12.0. The Balaban J connectivity index is 0.981. The number of para-hydroxylation sites is 1. The third kappa shape index (κ3) is 8.89. The second-order valence-electron chi connectivity index (χ2n) is 12.3. The third-order valence-corrected chi connectivity index (χ3v) is 10.7. The zero-order valence-electron chi connectivity index (χ0n) is 29.7. The van der Waals surface area contributed by atoms with E-state index in [-0.39, 0.29) is 16.3 Å². The van der Waals surface area contributed by atoms with Crippen molar-refractivity contribution in [1.29, 1.82) is 0 Å². The van der Waals surface area contributed by atoms with Gasteiger partial charge in [0.2, 0.25) is 0 Å². The average molecular weight is 851 g/mol. The molecule has 0 amide bonds. The van der Waals surface area contributed by atoms with Crippen molar-refractivity contribution in [2.75, 3.05) is 5.32 Å². The number of anilines is 2. The Kier molecular flexibility index (Phi) is 11.5. The molecule has 0 aliphatic carbocycles. The van der Waals surface area contributed by atoms with Gasteiger partial charge < -0.3 is 10.4 Å². The Morgan fingerprint density at radius 2 is 1.25 bits per heavy atom. The highest BCUT2D eigenvalue weighted by molar-refractivity contribution is 7.95. The van der Waals surface area contributed by atoms with Gasteiger partial charge in [0.05, 0.1) is 56.6 Å². The molecule has 0 saturated heterocycles. The van der Waals surface area contributed by atoms with Crippen LogP contribution in [0.2, 0.25) is 0 Å². The van der Waals surface area contributed by atoms with E-state index in [1.54, 1.807) is 72.8 Å². The van der Waals surface area contributed by atoms with Gasteiger partial charge in [-0.2, -0.15) is 28.6 Å². The zero-order chi connectivity index (χ0) is 40.9. The van der Waals surface area contributed by atoms with E-state index in [1.807, 2.05) is 42.5 Å². The largest absolute Gasteiger partial charge is 0.505 e. The molecule has 0 fully saturated rings. The van der Waals surface area contributed by atoms with Gasteiger partial charge >= 0.3 is 0 Å². The minimum atomic E-state index is -4.60. The van der Waals surface area contributed by atoms with Crippen LogP contribution in [-0.2, 0) is 28.9 Å². The lowest BCUT2D eigenvalue weighted by Crippen LogP contribution is -1.99. The number of nitrogens with zero attached hydrogens (tertiary/aromatic N) is 7. The summed E-state index contributed by atoms with van der Waals surface area (Å²) in [5, 5.41) is 67.7. The third-order valence-electron chi connectivity index (χ3n) is 8.61. The molecule has 0 saturated carbocycles. The van der Waals surface area contributed by atoms with E-state index in [4.69, 9.17) is 10.5 Å². The van der Waals surface area contributed by atoms with Crippen LogP contribution in [-0.4, -0.2) is 43.6 Å². The number of azo groups is 2. The number of hydrogen-bond donors (Lipinski definition) is 5. The van der Waals surface area contributed by atoms with Crippen molar-refractivity contribution in [3.05, 3.63) is 127 Å². The Hall–Kier alpha value is -6.37. The Morgan fingerprint density at radius 3 is 1.92 bits per heavy atom. The maximum absolute atomic E-state index is 12.0. The molecule has 7 aromatic carbocycles. The van der Waals surface area contributed by atoms with Gasteiger partial charge in [0.1, 0.15) is 16.7 Å². The predicted octanol–water partition coefficient (Wildman–Crippen LogP) is 11.1. The van der Waals surface area contributed by atoms with Crippen LogP contribution in [0.4, 0.5) is 34.1 Å².